The fraction of sp³-hybridized carbons (Fsp3) is 0.450. The Bertz CT molecular complexity index is 918. The number of nitrogens with zero attached hydrogens (tertiary/aromatic N) is 2. The largest absolute Gasteiger partial charge is 0.497 e. The number of amides is 1. The van der Waals surface area contributed by atoms with Crippen molar-refractivity contribution >= 4 is 16.9 Å². The molecule has 0 spiro atoms. The molecule has 1 unspecified atom stereocenters. The number of hydrogen-bond donors (Lipinski definition) is 2. The molecule has 0 radical (unpaired) electrons. The smallest absolute Gasteiger partial charge is 0.244 e. The highest BCUT2D eigenvalue weighted by atomic mass is 16.5. The lowest BCUT2D eigenvalue weighted by molar-refractivity contribution is -0.129. The van der Waals surface area contributed by atoms with Crippen molar-refractivity contribution in [3.63, 3.8) is 0 Å². The van der Waals surface area contributed by atoms with Crippen LogP contribution < -0.4 is 10.2 Å². The molecule has 3 rings (SSSR count). The van der Waals surface area contributed by atoms with Gasteiger partial charge in [-0.15, -0.1) is 10.2 Å². The lowest BCUT2D eigenvalue weighted by Gasteiger charge is -2.11. The predicted molar refractivity (Wildman–Crippen MR) is 101 cm³/mol. The van der Waals surface area contributed by atoms with E-state index in [9.17, 15) is 4.79 Å². The Labute approximate surface area is 162 Å². The molecule has 0 aliphatic rings. The van der Waals surface area contributed by atoms with E-state index >= 15 is 0 Å². The number of methoxy groups -OCH3 is 1. The molecule has 0 fully saturated rings. The maximum Gasteiger partial charge on any atom is 0.244 e. The van der Waals surface area contributed by atoms with Crippen LogP contribution in [-0.2, 0) is 11.2 Å². The molecule has 2 aromatic heterocycles. The van der Waals surface area contributed by atoms with Gasteiger partial charge in [0.05, 0.1) is 13.5 Å². The van der Waals surface area contributed by atoms with Gasteiger partial charge in [0, 0.05) is 23.8 Å². The topological polar surface area (TPSA) is 111 Å². The zero-order chi connectivity index (χ0) is 19.9. The van der Waals surface area contributed by atoms with Crippen LogP contribution in [0.15, 0.2) is 33.1 Å². The molecule has 0 aliphatic heterocycles. The molecule has 1 atom stereocenters. The van der Waals surface area contributed by atoms with Crippen LogP contribution >= 0.6 is 0 Å². The number of fused-ring (bicyclic) bond motifs is 1. The van der Waals surface area contributed by atoms with Gasteiger partial charge in [-0.3, -0.25) is 10.0 Å². The first-order valence-electron chi connectivity index (χ1n) is 9.44. The van der Waals surface area contributed by atoms with Gasteiger partial charge < -0.3 is 13.6 Å². The lowest BCUT2D eigenvalue weighted by Crippen LogP contribution is -2.21. The van der Waals surface area contributed by atoms with E-state index in [0.29, 0.717) is 24.0 Å². The predicted octanol–water partition coefficient (Wildman–Crippen LogP) is 3.97. The highest BCUT2D eigenvalue weighted by Gasteiger charge is 2.22. The SMILES string of the molecule is CCCCCC(CC(=O)NO)c1nnc(Cc2cc3ccc(OC)cc3o2)o1. The van der Waals surface area contributed by atoms with Gasteiger partial charge in [0.2, 0.25) is 17.7 Å². The van der Waals surface area contributed by atoms with Crippen molar-refractivity contribution in [1.82, 2.24) is 15.7 Å². The molecule has 150 valence electrons. The van der Waals surface area contributed by atoms with Gasteiger partial charge in [0.1, 0.15) is 17.1 Å². The summed E-state index contributed by atoms with van der Waals surface area (Å²) in [6.07, 6.45) is 4.28. The van der Waals surface area contributed by atoms with Crippen LogP contribution in [0.3, 0.4) is 0 Å². The molecular weight excluding hydrogens is 362 g/mol. The highest BCUT2D eigenvalue weighted by Crippen LogP contribution is 2.28. The van der Waals surface area contributed by atoms with E-state index in [1.54, 1.807) is 12.6 Å². The first-order chi connectivity index (χ1) is 13.6. The Morgan fingerprint density at radius 3 is 2.86 bits per heavy atom. The molecule has 2 N–H and O–H groups in total. The molecule has 28 heavy (non-hydrogen) atoms. The van der Waals surface area contributed by atoms with Crippen LogP contribution in [0.2, 0.25) is 0 Å². The van der Waals surface area contributed by atoms with Crippen LogP contribution in [0.1, 0.15) is 62.5 Å². The molecular formula is C20H25N3O5. The molecule has 1 aromatic carbocycles. The second-order valence-corrected chi connectivity index (χ2v) is 6.76. The number of benzene rings is 1. The summed E-state index contributed by atoms with van der Waals surface area (Å²) in [5.74, 6) is 1.57. The fourth-order valence-corrected chi connectivity index (χ4v) is 3.16. The number of carbonyl (C=O) groups is 1. The Kier molecular flexibility index (Phi) is 6.65. The second-order valence-electron chi connectivity index (χ2n) is 6.76. The van der Waals surface area contributed by atoms with E-state index in [2.05, 4.69) is 17.1 Å². The number of carbonyl (C=O) groups excluding carboxylic acids is 1. The number of aromatic nitrogens is 2. The van der Waals surface area contributed by atoms with Crippen molar-refractivity contribution < 1.29 is 23.6 Å². The summed E-state index contributed by atoms with van der Waals surface area (Å²) in [6, 6.07) is 7.56. The van der Waals surface area contributed by atoms with E-state index in [1.807, 2.05) is 24.3 Å². The zero-order valence-electron chi connectivity index (χ0n) is 16.1. The van der Waals surface area contributed by atoms with Crippen molar-refractivity contribution in [2.45, 2.75) is 51.4 Å². The molecule has 3 aromatic rings. The molecule has 8 heteroatoms. The number of unbranched alkanes of at least 4 members (excludes halogenated alkanes) is 2. The van der Waals surface area contributed by atoms with Crippen molar-refractivity contribution in [2.75, 3.05) is 7.11 Å². The first-order valence-corrected chi connectivity index (χ1v) is 9.44. The number of furan rings is 1. The van der Waals surface area contributed by atoms with Crippen molar-refractivity contribution in [3.05, 3.63) is 41.8 Å². The van der Waals surface area contributed by atoms with E-state index < -0.39 is 5.91 Å². The maximum absolute atomic E-state index is 11.6. The number of ether oxygens (including phenoxy) is 1. The third-order valence-electron chi connectivity index (χ3n) is 4.65. The molecule has 2 heterocycles. The second kappa shape index (κ2) is 9.36. The average molecular weight is 387 g/mol. The number of rotatable bonds is 10. The zero-order valence-corrected chi connectivity index (χ0v) is 16.1. The third kappa shape index (κ3) is 4.89. The maximum atomic E-state index is 11.6. The first kappa shape index (κ1) is 19.9. The fourth-order valence-electron chi connectivity index (χ4n) is 3.16. The molecule has 1 amide bonds. The van der Waals surface area contributed by atoms with Gasteiger partial charge in [-0.2, -0.15) is 0 Å². The van der Waals surface area contributed by atoms with Gasteiger partial charge in [-0.05, 0) is 24.6 Å². The van der Waals surface area contributed by atoms with Crippen LogP contribution in [0, 0.1) is 0 Å². The van der Waals surface area contributed by atoms with E-state index in [1.165, 1.54) is 0 Å². The minimum Gasteiger partial charge on any atom is -0.497 e. The Balaban J connectivity index is 1.72. The van der Waals surface area contributed by atoms with Gasteiger partial charge in [-0.25, -0.2) is 5.48 Å². The monoisotopic (exact) mass is 387 g/mol. The summed E-state index contributed by atoms with van der Waals surface area (Å²) in [4.78, 5) is 11.6. The third-order valence-corrected chi connectivity index (χ3v) is 4.65. The lowest BCUT2D eigenvalue weighted by atomic mass is 9.97. The minimum atomic E-state index is -0.465. The van der Waals surface area contributed by atoms with Gasteiger partial charge in [0.15, 0.2) is 0 Å². The summed E-state index contributed by atoms with van der Waals surface area (Å²) < 4.78 is 16.8. The minimum absolute atomic E-state index is 0.103. The standard InChI is InChI=1S/C20H25N3O5/c1-3-4-5-6-14(10-18(24)23-25)20-22-21-19(28-20)12-16-9-13-7-8-15(26-2)11-17(13)27-16/h7-9,11,14,25H,3-6,10,12H2,1-2H3,(H,23,24). The quantitative estimate of drug-likeness (QED) is 0.307. The van der Waals surface area contributed by atoms with E-state index in [-0.39, 0.29) is 12.3 Å². The van der Waals surface area contributed by atoms with Crippen LogP contribution in [0.5, 0.6) is 5.75 Å². The normalized spacial score (nSPS) is 12.2. The average Bonchev–Trinajstić information content (AvgIpc) is 3.33. The molecule has 8 nitrogen and oxygen atoms in total. The summed E-state index contributed by atoms with van der Waals surface area (Å²) in [7, 11) is 1.61. The Morgan fingerprint density at radius 1 is 1.25 bits per heavy atom. The van der Waals surface area contributed by atoms with Crippen molar-refractivity contribution in [3.8, 4) is 5.75 Å². The van der Waals surface area contributed by atoms with Crippen LogP contribution in [0.4, 0.5) is 0 Å². The van der Waals surface area contributed by atoms with Gasteiger partial charge in [-0.1, -0.05) is 26.2 Å². The van der Waals surface area contributed by atoms with Gasteiger partial charge in [0.25, 0.3) is 0 Å². The summed E-state index contributed by atoms with van der Waals surface area (Å²) in [5, 5.41) is 18.0. The molecule has 0 bridgehead atoms. The Hall–Kier alpha value is -2.87. The molecule has 0 aliphatic carbocycles. The highest BCUT2D eigenvalue weighted by molar-refractivity contribution is 5.79. The number of nitrogens with one attached hydrogen (secondary N) is 1. The molecule has 0 saturated carbocycles. The van der Waals surface area contributed by atoms with Crippen LogP contribution in [-0.4, -0.2) is 28.4 Å². The van der Waals surface area contributed by atoms with Crippen molar-refractivity contribution in [2.24, 2.45) is 0 Å². The summed E-state index contributed by atoms with van der Waals surface area (Å²) >= 11 is 0. The van der Waals surface area contributed by atoms with Gasteiger partial charge >= 0.3 is 0 Å². The Morgan fingerprint density at radius 2 is 2.11 bits per heavy atom. The number of hydrogen-bond acceptors (Lipinski definition) is 7. The summed E-state index contributed by atoms with van der Waals surface area (Å²) in [6.45, 7) is 2.11. The van der Waals surface area contributed by atoms with Crippen molar-refractivity contribution in [1.29, 1.82) is 0 Å². The number of hydroxylamine groups is 1. The van der Waals surface area contributed by atoms with E-state index in [0.717, 1.165) is 42.4 Å². The summed E-state index contributed by atoms with van der Waals surface area (Å²) in [5.41, 5.74) is 2.40. The molecule has 0 saturated heterocycles. The van der Waals surface area contributed by atoms with E-state index in [4.69, 9.17) is 18.8 Å². The van der Waals surface area contributed by atoms with Crippen LogP contribution in [0.25, 0.3) is 11.0 Å².